The van der Waals surface area contributed by atoms with Crippen molar-refractivity contribution in [1.82, 2.24) is 10.5 Å². The standard InChI is InChI=1S/C18H18N2O2/c1-13-7-8-17-15(11-13)16(20-22-17)12-18(21)19-10-9-14-5-3-2-4-6-14/h2-8,11H,9-10,12H2,1H3,(H,19,21). The maximum atomic E-state index is 12.0. The molecule has 4 heteroatoms. The summed E-state index contributed by atoms with van der Waals surface area (Å²) >= 11 is 0. The van der Waals surface area contributed by atoms with Gasteiger partial charge in [-0.15, -0.1) is 0 Å². The van der Waals surface area contributed by atoms with Crippen LogP contribution >= 0.6 is 0 Å². The molecule has 0 radical (unpaired) electrons. The predicted molar refractivity (Wildman–Crippen MR) is 85.6 cm³/mol. The maximum Gasteiger partial charge on any atom is 0.226 e. The summed E-state index contributed by atoms with van der Waals surface area (Å²) in [4.78, 5) is 12.0. The van der Waals surface area contributed by atoms with Crippen LogP contribution in [0.2, 0.25) is 0 Å². The number of nitrogens with one attached hydrogen (secondary N) is 1. The van der Waals surface area contributed by atoms with E-state index in [2.05, 4.69) is 22.6 Å². The van der Waals surface area contributed by atoms with E-state index in [0.29, 0.717) is 12.2 Å². The van der Waals surface area contributed by atoms with Crippen molar-refractivity contribution >= 4 is 16.9 Å². The van der Waals surface area contributed by atoms with Crippen molar-refractivity contribution in [1.29, 1.82) is 0 Å². The van der Waals surface area contributed by atoms with Crippen LogP contribution in [0.4, 0.5) is 0 Å². The molecule has 0 bridgehead atoms. The minimum Gasteiger partial charge on any atom is -0.356 e. The van der Waals surface area contributed by atoms with Gasteiger partial charge in [-0.1, -0.05) is 47.1 Å². The minimum atomic E-state index is -0.0346. The van der Waals surface area contributed by atoms with Gasteiger partial charge in [-0.2, -0.15) is 0 Å². The van der Waals surface area contributed by atoms with Crippen LogP contribution in [-0.2, 0) is 17.6 Å². The van der Waals surface area contributed by atoms with Gasteiger partial charge in [-0.25, -0.2) is 0 Å². The summed E-state index contributed by atoms with van der Waals surface area (Å²) in [6.45, 7) is 2.63. The molecule has 3 aromatic rings. The van der Waals surface area contributed by atoms with Crippen molar-refractivity contribution in [2.75, 3.05) is 6.54 Å². The second-order valence-corrected chi connectivity index (χ2v) is 5.39. The van der Waals surface area contributed by atoms with Crippen molar-refractivity contribution in [2.24, 2.45) is 0 Å². The Labute approximate surface area is 129 Å². The summed E-state index contributed by atoms with van der Waals surface area (Å²) in [5.74, 6) is -0.0346. The highest BCUT2D eigenvalue weighted by Crippen LogP contribution is 2.20. The first-order chi connectivity index (χ1) is 10.7. The highest BCUT2D eigenvalue weighted by molar-refractivity contribution is 5.86. The van der Waals surface area contributed by atoms with Crippen LogP contribution in [-0.4, -0.2) is 17.6 Å². The van der Waals surface area contributed by atoms with Gasteiger partial charge in [0.05, 0.1) is 6.42 Å². The fourth-order valence-electron chi connectivity index (χ4n) is 2.44. The van der Waals surface area contributed by atoms with E-state index in [1.54, 1.807) is 0 Å². The molecule has 0 aliphatic rings. The number of carbonyl (C=O) groups is 1. The molecular weight excluding hydrogens is 276 g/mol. The normalized spacial score (nSPS) is 10.8. The molecule has 4 nitrogen and oxygen atoms in total. The summed E-state index contributed by atoms with van der Waals surface area (Å²) in [7, 11) is 0. The van der Waals surface area contributed by atoms with E-state index in [0.717, 1.165) is 23.0 Å². The monoisotopic (exact) mass is 294 g/mol. The predicted octanol–water partition coefficient (Wildman–Crippen LogP) is 3.04. The minimum absolute atomic E-state index is 0.0346. The highest BCUT2D eigenvalue weighted by atomic mass is 16.5. The van der Waals surface area contributed by atoms with Crippen LogP contribution in [0.1, 0.15) is 16.8 Å². The van der Waals surface area contributed by atoms with Crippen molar-refractivity contribution in [3.63, 3.8) is 0 Å². The molecule has 1 aromatic heterocycles. The number of aryl methyl sites for hydroxylation is 1. The average Bonchev–Trinajstić information content (AvgIpc) is 2.90. The number of amides is 1. The van der Waals surface area contributed by atoms with Crippen LogP contribution in [0.3, 0.4) is 0 Å². The molecule has 22 heavy (non-hydrogen) atoms. The van der Waals surface area contributed by atoms with E-state index < -0.39 is 0 Å². The summed E-state index contributed by atoms with van der Waals surface area (Å²) < 4.78 is 5.25. The summed E-state index contributed by atoms with van der Waals surface area (Å²) in [6.07, 6.45) is 1.07. The van der Waals surface area contributed by atoms with E-state index in [1.165, 1.54) is 5.56 Å². The molecule has 0 unspecified atom stereocenters. The molecule has 0 atom stereocenters. The smallest absolute Gasteiger partial charge is 0.226 e. The molecular formula is C18H18N2O2. The lowest BCUT2D eigenvalue weighted by Gasteiger charge is -2.04. The van der Waals surface area contributed by atoms with Gasteiger partial charge in [0.15, 0.2) is 5.58 Å². The lowest BCUT2D eigenvalue weighted by atomic mass is 10.1. The third kappa shape index (κ3) is 3.34. The quantitative estimate of drug-likeness (QED) is 0.787. The summed E-state index contributed by atoms with van der Waals surface area (Å²) in [5.41, 5.74) is 3.75. The SMILES string of the molecule is Cc1ccc2onc(CC(=O)NCCc3ccccc3)c2c1. The highest BCUT2D eigenvalue weighted by Gasteiger charge is 2.12. The van der Waals surface area contributed by atoms with Gasteiger partial charge in [-0.05, 0) is 31.0 Å². The largest absolute Gasteiger partial charge is 0.356 e. The van der Waals surface area contributed by atoms with Crippen LogP contribution < -0.4 is 5.32 Å². The first-order valence-corrected chi connectivity index (χ1v) is 7.38. The maximum absolute atomic E-state index is 12.0. The molecule has 0 aliphatic carbocycles. The van der Waals surface area contributed by atoms with Crippen LogP contribution in [0, 0.1) is 6.92 Å². The number of nitrogens with zero attached hydrogens (tertiary/aromatic N) is 1. The van der Waals surface area contributed by atoms with Crippen LogP contribution in [0.15, 0.2) is 53.1 Å². The topological polar surface area (TPSA) is 55.1 Å². The molecule has 1 N–H and O–H groups in total. The lowest BCUT2D eigenvalue weighted by molar-refractivity contribution is -0.120. The Morgan fingerprint density at radius 1 is 1.18 bits per heavy atom. The van der Waals surface area contributed by atoms with Crippen molar-refractivity contribution in [3.05, 3.63) is 65.4 Å². The van der Waals surface area contributed by atoms with E-state index >= 15 is 0 Å². The fraction of sp³-hybridized carbons (Fsp3) is 0.222. The van der Waals surface area contributed by atoms with Gasteiger partial charge < -0.3 is 9.84 Å². The number of benzene rings is 2. The molecule has 1 heterocycles. The van der Waals surface area contributed by atoms with Crippen molar-refractivity contribution in [3.8, 4) is 0 Å². The Morgan fingerprint density at radius 2 is 2.00 bits per heavy atom. The van der Waals surface area contributed by atoms with E-state index in [9.17, 15) is 4.79 Å². The van der Waals surface area contributed by atoms with Crippen molar-refractivity contribution < 1.29 is 9.32 Å². The molecule has 1 amide bonds. The molecule has 0 spiro atoms. The summed E-state index contributed by atoms with van der Waals surface area (Å²) in [6, 6.07) is 16.0. The van der Waals surface area contributed by atoms with E-state index in [-0.39, 0.29) is 12.3 Å². The van der Waals surface area contributed by atoms with Gasteiger partial charge in [0.1, 0.15) is 5.69 Å². The Kier molecular flexibility index (Phi) is 4.19. The number of carbonyl (C=O) groups excluding carboxylic acids is 1. The van der Waals surface area contributed by atoms with Gasteiger partial charge in [0.25, 0.3) is 0 Å². The number of hydrogen-bond acceptors (Lipinski definition) is 3. The van der Waals surface area contributed by atoms with Crippen molar-refractivity contribution in [2.45, 2.75) is 19.8 Å². The zero-order valence-electron chi connectivity index (χ0n) is 12.5. The first kappa shape index (κ1) is 14.3. The first-order valence-electron chi connectivity index (χ1n) is 7.38. The van der Waals surface area contributed by atoms with Crippen LogP contribution in [0.25, 0.3) is 11.0 Å². The Hall–Kier alpha value is -2.62. The number of aromatic nitrogens is 1. The average molecular weight is 294 g/mol. The lowest BCUT2D eigenvalue weighted by Crippen LogP contribution is -2.27. The molecule has 112 valence electrons. The van der Waals surface area contributed by atoms with Gasteiger partial charge in [-0.3, -0.25) is 4.79 Å². The second kappa shape index (κ2) is 6.43. The van der Waals surface area contributed by atoms with Gasteiger partial charge >= 0.3 is 0 Å². The van der Waals surface area contributed by atoms with E-state index in [1.807, 2.05) is 43.3 Å². The third-order valence-corrected chi connectivity index (χ3v) is 3.61. The molecule has 2 aromatic carbocycles. The molecule has 0 aliphatic heterocycles. The zero-order valence-corrected chi connectivity index (χ0v) is 12.5. The number of hydrogen-bond donors (Lipinski definition) is 1. The van der Waals surface area contributed by atoms with Gasteiger partial charge in [0, 0.05) is 11.9 Å². The molecule has 0 saturated carbocycles. The number of fused-ring (bicyclic) bond motifs is 1. The zero-order chi connectivity index (χ0) is 15.4. The third-order valence-electron chi connectivity index (χ3n) is 3.61. The second-order valence-electron chi connectivity index (χ2n) is 5.39. The summed E-state index contributed by atoms with van der Waals surface area (Å²) in [5, 5.41) is 7.85. The van der Waals surface area contributed by atoms with Gasteiger partial charge in [0.2, 0.25) is 5.91 Å². The molecule has 0 fully saturated rings. The molecule has 3 rings (SSSR count). The Bertz CT molecular complexity index is 778. The Balaban J connectivity index is 1.58. The van der Waals surface area contributed by atoms with Crippen LogP contribution in [0.5, 0.6) is 0 Å². The van der Waals surface area contributed by atoms with E-state index in [4.69, 9.17) is 4.52 Å². The number of rotatable bonds is 5. The Morgan fingerprint density at radius 3 is 2.82 bits per heavy atom. The fourth-order valence-corrected chi connectivity index (χ4v) is 2.44. The molecule has 0 saturated heterocycles.